The molecule has 3 atom stereocenters. The van der Waals surface area contributed by atoms with E-state index in [0.29, 0.717) is 74.4 Å². The van der Waals surface area contributed by atoms with Gasteiger partial charge in [0.25, 0.3) is 0 Å². The first kappa shape index (κ1) is 42.1. The zero-order chi connectivity index (χ0) is 41.2. The maximum atomic E-state index is 12.6. The molecule has 2 saturated heterocycles. The van der Waals surface area contributed by atoms with Crippen molar-refractivity contribution >= 4 is 34.8 Å². The normalized spacial score (nSPS) is 19.2. The molecule has 2 amide bonds. The summed E-state index contributed by atoms with van der Waals surface area (Å²) in [7, 11) is 0. The lowest BCUT2D eigenvalue weighted by molar-refractivity contribution is -0.253. The number of hydrogen-bond donors (Lipinski definition) is 5. The van der Waals surface area contributed by atoms with Gasteiger partial charge in [0, 0.05) is 56.0 Å². The maximum Gasteiger partial charge on any atom is 0.224 e. The number of nitrogens with one attached hydrogen (secondary N) is 2. The van der Waals surface area contributed by atoms with Crippen LogP contribution < -0.4 is 16.4 Å². The predicted octanol–water partition coefficient (Wildman–Crippen LogP) is 8.43. The van der Waals surface area contributed by atoms with Gasteiger partial charge in [-0.2, -0.15) is 0 Å². The Hall–Kier alpha value is -5.07. The van der Waals surface area contributed by atoms with Crippen molar-refractivity contribution in [1.82, 2.24) is 10.2 Å². The van der Waals surface area contributed by atoms with Crippen LogP contribution in [0.3, 0.4) is 0 Å². The summed E-state index contributed by atoms with van der Waals surface area (Å²) < 4.78 is 13.3. The van der Waals surface area contributed by atoms with Crippen molar-refractivity contribution in [2.24, 2.45) is 0 Å². The van der Waals surface area contributed by atoms with Crippen molar-refractivity contribution in [3.63, 3.8) is 0 Å². The minimum atomic E-state index is -0.881. The molecule has 2 aliphatic heterocycles. The van der Waals surface area contributed by atoms with Crippen LogP contribution in [0.4, 0.5) is 11.4 Å². The van der Waals surface area contributed by atoms with Gasteiger partial charge in [0.15, 0.2) is 6.29 Å². The summed E-state index contributed by atoms with van der Waals surface area (Å²) in [5.74, 6) is -0.175. The van der Waals surface area contributed by atoms with Gasteiger partial charge in [-0.25, -0.2) is 0 Å². The number of carbonyl (C=O) groups is 2. The Labute approximate surface area is 351 Å². The first-order chi connectivity index (χ1) is 28.6. The van der Waals surface area contributed by atoms with Gasteiger partial charge >= 0.3 is 0 Å². The summed E-state index contributed by atoms with van der Waals surface area (Å²) in [6, 6.07) is 38.9. The Morgan fingerprint density at radius 2 is 1.47 bits per heavy atom. The van der Waals surface area contributed by atoms with E-state index in [1.54, 1.807) is 12.1 Å². The van der Waals surface area contributed by atoms with Gasteiger partial charge in [-0.15, -0.1) is 0 Å². The van der Waals surface area contributed by atoms with E-state index < -0.39 is 11.9 Å². The highest BCUT2D eigenvalue weighted by atomic mass is 35.5. The van der Waals surface area contributed by atoms with Crippen LogP contribution in [0.1, 0.15) is 85.2 Å². The number of halogens is 1. The third kappa shape index (κ3) is 11.4. The number of benzene rings is 5. The second kappa shape index (κ2) is 19.8. The number of nitrogens with zero attached hydrogens (tertiary/aromatic N) is 1. The van der Waals surface area contributed by atoms with E-state index in [1.165, 1.54) is 0 Å². The lowest BCUT2D eigenvalue weighted by Gasteiger charge is -2.42. The predicted molar refractivity (Wildman–Crippen MR) is 231 cm³/mol. The van der Waals surface area contributed by atoms with Crippen LogP contribution in [0.25, 0.3) is 11.1 Å². The zero-order valence-electron chi connectivity index (χ0n) is 33.2. The molecule has 11 heteroatoms. The fraction of sp³-hybridized carbons (Fsp3) is 0.333. The highest BCUT2D eigenvalue weighted by Gasteiger charge is 2.37. The summed E-state index contributed by atoms with van der Waals surface area (Å²) in [6.07, 6.45) is 2.89. The number of hydrogen-bond acceptors (Lipinski definition) is 8. The Balaban J connectivity index is 0.934. The summed E-state index contributed by atoms with van der Waals surface area (Å²) in [6.45, 7) is 2.58. The van der Waals surface area contributed by atoms with Crippen LogP contribution in [0.15, 0.2) is 121 Å². The number of unbranched alkanes of at least 4 members (excludes halogenated alkanes) is 1. The Morgan fingerprint density at radius 1 is 0.780 bits per heavy atom. The van der Waals surface area contributed by atoms with Crippen molar-refractivity contribution in [3.05, 3.63) is 154 Å². The first-order valence-electron chi connectivity index (χ1n) is 20.5. The van der Waals surface area contributed by atoms with Crippen molar-refractivity contribution in [1.29, 1.82) is 0 Å². The molecule has 308 valence electrons. The fourth-order valence-electron chi connectivity index (χ4n) is 7.85. The molecular formula is C48H53ClN4O6. The summed E-state index contributed by atoms with van der Waals surface area (Å²) in [5, 5.41) is 27.6. The molecule has 10 nitrogen and oxygen atoms in total. The van der Waals surface area contributed by atoms with Crippen LogP contribution in [0.2, 0.25) is 5.02 Å². The highest BCUT2D eigenvalue weighted by Crippen LogP contribution is 2.40. The minimum absolute atomic E-state index is 0.0169. The number of para-hydroxylation sites is 2. The molecule has 0 unspecified atom stereocenters. The molecule has 0 radical (unpaired) electrons. The average Bonchev–Trinajstić information content (AvgIpc) is 3.26. The fourth-order valence-corrected chi connectivity index (χ4v) is 7.98. The third-order valence-electron chi connectivity index (χ3n) is 11.4. The molecule has 59 heavy (non-hydrogen) atoms. The standard InChI is InChI=1S/C48H53ClN4O6/c49-40-22-20-39(21-23-40)48(57)24-26-53(27-25-48)31-41-29-44(36-14-12-33(32-54)13-15-36)59-47(58-41)37-18-16-35(17-19-37)38-7-5-6-34(28-38)30-51-45(55)10-3-4-11-46(56)52-43-9-2-1-8-42(43)50/h1-2,5-9,12-23,28,41,44,47,54,57H,3-4,10-11,24-27,29-32,50H2,(H,51,55)(H,52,56)/t41-,44+,47+/m1/s1. The summed E-state index contributed by atoms with van der Waals surface area (Å²) in [4.78, 5) is 27.3. The highest BCUT2D eigenvalue weighted by molar-refractivity contribution is 6.30. The van der Waals surface area contributed by atoms with Gasteiger partial charge in [0.05, 0.1) is 35.8 Å². The molecule has 2 fully saturated rings. The van der Waals surface area contributed by atoms with Crippen molar-refractivity contribution in [3.8, 4) is 11.1 Å². The van der Waals surface area contributed by atoms with E-state index >= 15 is 0 Å². The van der Waals surface area contributed by atoms with Crippen LogP contribution in [-0.4, -0.2) is 52.7 Å². The summed E-state index contributed by atoms with van der Waals surface area (Å²) in [5.41, 5.74) is 12.9. The second-order valence-electron chi connectivity index (χ2n) is 15.6. The van der Waals surface area contributed by atoms with Crippen LogP contribution >= 0.6 is 11.6 Å². The molecule has 0 spiro atoms. The lowest BCUT2D eigenvalue weighted by atomic mass is 9.84. The number of nitrogen functional groups attached to an aromatic ring is 1. The van der Waals surface area contributed by atoms with E-state index in [1.807, 2.05) is 84.9 Å². The molecule has 0 saturated carbocycles. The number of rotatable bonds is 15. The Kier molecular flexibility index (Phi) is 14.1. The van der Waals surface area contributed by atoms with Gasteiger partial charge in [0.1, 0.15) is 0 Å². The quantitative estimate of drug-likeness (QED) is 0.0523. The number of aliphatic hydroxyl groups excluding tert-OH is 1. The molecule has 6 N–H and O–H groups in total. The van der Waals surface area contributed by atoms with Crippen molar-refractivity contribution in [2.75, 3.05) is 30.7 Å². The Bertz CT molecular complexity index is 2160. The molecule has 0 aliphatic carbocycles. The maximum absolute atomic E-state index is 12.6. The van der Waals surface area contributed by atoms with E-state index in [9.17, 15) is 19.8 Å². The molecule has 5 aromatic carbocycles. The van der Waals surface area contributed by atoms with Crippen molar-refractivity contribution < 1.29 is 29.3 Å². The van der Waals surface area contributed by atoms with Crippen LogP contribution in [-0.2, 0) is 37.8 Å². The van der Waals surface area contributed by atoms with Gasteiger partial charge in [-0.1, -0.05) is 103 Å². The van der Waals surface area contributed by atoms with Crippen LogP contribution in [0, 0.1) is 0 Å². The van der Waals surface area contributed by atoms with Crippen LogP contribution in [0.5, 0.6) is 0 Å². The molecule has 0 bridgehead atoms. The monoisotopic (exact) mass is 816 g/mol. The molecule has 7 rings (SSSR count). The lowest BCUT2D eigenvalue weighted by Crippen LogP contribution is -2.46. The number of aliphatic hydroxyl groups is 2. The number of ether oxygens (including phenoxy) is 2. The summed E-state index contributed by atoms with van der Waals surface area (Å²) >= 11 is 6.11. The van der Waals surface area contributed by atoms with Gasteiger partial charge < -0.3 is 41.0 Å². The largest absolute Gasteiger partial charge is 0.397 e. The zero-order valence-corrected chi connectivity index (χ0v) is 34.0. The Morgan fingerprint density at radius 3 is 2.19 bits per heavy atom. The molecular weight excluding hydrogens is 764 g/mol. The topological polar surface area (TPSA) is 146 Å². The SMILES string of the molecule is Nc1ccccc1NC(=O)CCCCC(=O)NCc1cccc(-c2ccc([C@H]3O[C@@H](CN4CCC(O)(c5ccc(Cl)cc5)CC4)C[C@@H](c4ccc(CO)cc4)O3)cc2)c1. The first-order valence-corrected chi connectivity index (χ1v) is 20.8. The molecule has 5 aromatic rings. The van der Waals surface area contributed by atoms with E-state index in [4.69, 9.17) is 26.8 Å². The van der Waals surface area contributed by atoms with Crippen molar-refractivity contribution in [2.45, 2.75) is 82.2 Å². The van der Waals surface area contributed by atoms with E-state index in [0.717, 1.165) is 52.0 Å². The number of likely N-dealkylation sites (tertiary alicyclic amines) is 1. The number of amides is 2. The number of piperidine rings is 1. The number of carbonyl (C=O) groups excluding carboxylic acids is 2. The van der Waals surface area contributed by atoms with E-state index in [2.05, 4.69) is 39.8 Å². The third-order valence-corrected chi connectivity index (χ3v) is 11.6. The second-order valence-corrected chi connectivity index (χ2v) is 16.1. The molecule has 0 aromatic heterocycles. The van der Waals surface area contributed by atoms with E-state index in [-0.39, 0.29) is 30.6 Å². The number of anilines is 2. The minimum Gasteiger partial charge on any atom is -0.397 e. The van der Waals surface area contributed by atoms with Gasteiger partial charge in [-0.05, 0) is 89.4 Å². The number of nitrogens with two attached hydrogens (primary N) is 1. The van der Waals surface area contributed by atoms with Gasteiger partial charge in [0.2, 0.25) is 11.8 Å². The molecule has 2 aliphatic rings. The smallest absolute Gasteiger partial charge is 0.224 e. The molecule has 2 heterocycles. The van der Waals surface area contributed by atoms with Gasteiger partial charge in [-0.3, -0.25) is 9.59 Å². The average molecular weight is 817 g/mol.